The number of benzene rings is 1. The molecular formula is C10H13ClN2O2. The highest BCUT2D eigenvalue weighted by molar-refractivity contribution is 6.33. The first-order valence-electron chi connectivity index (χ1n) is 4.48. The summed E-state index contributed by atoms with van der Waals surface area (Å²) in [5.74, 6) is -0.405. The van der Waals surface area contributed by atoms with Gasteiger partial charge >= 0.3 is 5.97 Å². The van der Waals surface area contributed by atoms with Crippen LogP contribution in [0.3, 0.4) is 0 Å². The van der Waals surface area contributed by atoms with Crippen molar-refractivity contribution in [2.45, 2.75) is 6.04 Å². The van der Waals surface area contributed by atoms with Crippen molar-refractivity contribution in [3.8, 4) is 0 Å². The number of ether oxygens (including phenoxy) is 1. The number of para-hydroxylation sites is 1. The third kappa shape index (κ3) is 3.11. The first kappa shape index (κ1) is 11.8. The normalized spacial score (nSPS) is 11.9. The van der Waals surface area contributed by atoms with Crippen molar-refractivity contribution >= 4 is 23.3 Å². The number of hydrogen-bond acceptors (Lipinski definition) is 4. The molecular weight excluding hydrogens is 216 g/mol. The minimum atomic E-state index is -0.574. The highest BCUT2D eigenvalue weighted by Crippen LogP contribution is 2.21. The van der Waals surface area contributed by atoms with Crippen LogP contribution < -0.4 is 11.1 Å². The van der Waals surface area contributed by atoms with Crippen molar-refractivity contribution in [3.63, 3.8) is 0 Å². The summed E-state index contributed by atoms with van der Waals surface area (Å²) in [6.07, 6.45) is 0. The van der Waals surface area contributed by atoms with E-state index in [1.165, 1.54) is 7.11 Å². The van der Waals surface area contributed by atoms with E-state index in [2.05, 4.69) is 10.1 Å². The molecule has 4 nitrogen and oxygen atoms in total. The minimum Gasteiger partial charge on any atom is -0.467 e. The van der Waals surface area contributed by atoms with Gasteiger partial charge in [-0.05, 0) is 12.1 Å². The number of halogens is 1. The van der Waals surface area contributed by atoms with Crippen LogP contribution in [-0.2, 0) is 9.53 Å². The molecule has 1 aromatic rings. The number of carbonyl (C=O) groups is 1. The molecule has 1 atom stereocenters. The van der Waals surface area contributed by atoms with E-state index in [1.807, 2.05) is 12.1 Å². The molecule has 3 N–H and O–H groups in total. The summed E-state index contributed by atoms with van der Waals surface area (Å²) in [6.45, 7) is 0.151. The van der Waals surface area contributed by atoms with Crippen LogP contribution in [0.5, 0.6) is 0 Å². The van der Waals surface area contributed by atoms with Crippen LogP contribution in [-0.4, -0.2) is 25.7 Å². The molecule has 0 aliphatic carbocycles. The Bertz CT molecular complexity index is 344. The number of carbonyl (C=O) groups excluding carboxylic acids is 1. The Hall–Kier alpha value is -1.26. The number of methoxy groups -OCH3 is 1. The van der Waals surface area contributed by atoms with Crippen LogP contribution in [0.4, 0.5) is 5.69 Å². The van der Waals surface area contributed by atoms with Crippen LogP contribution in [0.2, 0.25) is 5.02 Å². The van der Waals surface area contributed by atoms with Crippen molar-refractivity contribution in [2.75, 3.05) is 19.0 Å². The molecule has 0 spiro atoms. The van der Waals surface area contributed by atoms with Crippen molar-refractivity contribution < 1.29 is 9.53 Å². The lowest BCUT2D eigenvalue weighted by Crippen LogP contribution is -2.37. The summed E-state index contributed by atoms with van der Waals surface area (Å²) in [4.78, 5) is 11.3. The lowest BCUT2D eigenvalue weighted by Gasteiger charge is -2.16. The number of hydrogen-bond donors (Lipinski definition) is 2. The fourth-order valence-electron chi connectivity index (χ4n) is 1.12. The molecule has 1 rings (SSSR count). The van der Waals surface area contributed by atoms with Crippen LogP contribution in [0, 0.1) is 0 Å². The maximum atomic E-state index is 11.3. The monoisotopic (exact) mass is 228 g/mol. The molecule has 0 fully saturated rings. The largest absolute Gasteiger partial charge is 0.467 e. The maximum Gasteiger partial charge on any atom is 0.329 e. The molecule has 0 saturated heterocycles. The van der Waals surface area contributed by atoms with E-state index in [4.69, 9.17) is 17.3 Å². The number of nitrogens with one attached hydrogen (secondary N) is 1. The van der Waals surface area contributed by atoms with E-state index >= 15 is 0 Å². The van der Waals surface area contributed by atoms with Gasteiger partial charge in [-0.3, -0.25) is 0 Å². The second-order valence-corrected chi connectivity index (χ2v) is 3.34. The molecule has 1 aromatic carbocycles. The highest BCUT2D eigenvalue weighted by atomic mass is 35.5. The molecule has 5 heteroatoms. The van der Waals surface area contributed by atoms with E-state index in [0.29, 0.717) is 10.7 Å². The molecule has 0 aliphatic heterocycles. The van der Waals surface area contributed by atoms with Gasteiger partial charge in [-0.2, -0.15) is 0 Å². The van der Waals surface area contributed by atoms with Gasteiger partial charge in [0.1, 0.15) is 6.04 Å². The summed E-state index contributed by atoms with van der Waals surface area (Å²) in [6, 6.07) is 6.56. The Morgan fingerprint density at radius 3 is 2.80 bits per heavy atom. The highest BCUT2D eigenvalue weighted by Gasteiger charge is 2.17. The van der Waals surface area contributed by atoms with Gasteiger partial charge in [0.2, 0.25) is 0 Å². The molecule has 82 valence electrons. The van der Waals surface area contributed by atoms with Gasteiger partial charge < -0.3 is 15.8 Å². The Balaban J connectivity index is 2.75. The van der Waals surface area contributed by atoms with Gasteiger partial charge in [-0.1, -0.05) is 23.7 Å². The van der Waals surface area contributed by atoms with Gasteiger partial charge in [0, 0.05) is 6.54 Å². The van der Waals surface area contributed by atoms with E-state index < -0.39 is 12.0 Å². The summed E-state index contributed by atoms with van der Waals surface area (Å²) in [7, 11) is 1.32. The smallest absolute Gasteiger partial charge is 0.329 e. The van der Waals surface area contributed by atoms with Gasteiger partial charge in [0.05, 0.1) is 17.8 Å². The van der Waals surface area contributed by atoms with Crippen molar-refractivity contribution in [1.29, 1.82) is 0 Å². The third-order valence-electron chi connectivity index (χ3n) is 1.92. The molecule has 0 bridgehead atoms. The molecule has 0 amide bonds. The molecule has 0 saturated carbocycles. The second-order valence-electron chi connectivity index (χ2n) is 2.94. The summed E-state index contributed by atoms with van der Waals surface area (Å²) < 4.78 is 4.59. The standard InChI is InChI=1S/C10H13ClN2O2/c1-15-10(14)9(6-12)13-8-5-3-2-4-7(8)11/h2-5,9,13H,6,12H2,1H3. The predicted molar refractivity (Wildman–Crippen MR) is 59.9 cm³/mol. The summed E-state index contributed by atoms with van der Waals surface area (Å²) in [5, 5.41) is 3.46. The van der Waals surface area contributed by atoms with Crippen LogP contribution >= 0.6 is 11.6 Å². The van der Waals surface area contributed by atoms with Crippen LogP contribution in [0.25, 0.3) is 0 Å². The second kappa shape index (κ2) is 5.58. The zero-order valence-corrected chi connectivity index (χ0v) is 9.12. The van der Waals surface area contributed by atoms with Gasteiger partial charge in [-0.25, -0.2) is 4.79 Å². The van der Waals surface area contributed by atoms with Crippen molar-refractivity contribution in [3.05, 3.63) is 29.3 Å². The van der Waals surface area contributed by atoms with Crippen molar-refractivity contribution in [1.82, 2.24) is 0 Å². The van der Waals surface area contributed by atoms with E-state index in [1.54, 1.807) is 12.1 Å². The summed E-state index contributed by atoms with van der Waals surface area (Å²) in [5.41, 5.74) is 6.11. The zero-order chi connectivity index (χ0) is 11.3. The van der Waals surface area contributed by atoms with E-state index in [-0.39, 0.29) is 6.54 Å². The fraction of sp³-hybridized carbons (Fsp3) is 0.300. The molecule has 0 radical (unpaired) electrons. The Labute approximate surface area is 93.4 Å². The number of anilines is 1. The number of nitrogens with two attached hydrogens (primary N) is 1. The molecule has 0 aliphatic rings. The van der Waals surface area contributed by atoms with Crippen LogP contribution in [0.1, 0.15) is 0 Å². The fourth-order valence-corrected chi connectivity index (χ4v) is 1.31. The average Bonchev–Trinajstić information content (AvgIpc) is 2.27. The maximum absolute atomic E-state index is 11.3. The number of esters is 1. The summed E-state index contributed by atoms with van der Waals surface area (Å²) >= 11 is 5.92. The topological polar surface area (TPSA) is 64.3 Å². The average molecular weight is 229 g/mol. The van der Waals surface area contributed by atoms with Crippen LogP contribution in [0.15, 0.2) is 24.3 Å². The van der Waals surface area contributed by atoms with E-state index in [0.717, 1.165) is 0 Å². The Morgan fingerprint density at radius 1 is 1.60 bits per heavy atom. The van der Waals surface area contributed by atoms with Gasteiger partial charge in [0.15, 0.2) is 0 Å². The Kier molecular flexibility index (Phi) is 4.39. The first-order valence-corrected chi connectivity index (χ1v) is 4.85. The third-order valence-corrected chi connectivity index (χ3v) is 2.25. The molecule has 0 heterocycles. The first-order chi connectivity index (χ1) is 7.19. The Morgan fingerprint density at radius 2 is 2.27 bits per heavy atom. The predicted octanol–water partition coefficient (Wildman–Crippen LogP) is 1.25. The van der Waals surface area contributed by atoms with E-state index in [9.17, 15) is 4.79 Å². The SMILES string of the molecule is COC(=O)C(CN)Nc1ccccc1Cl. The van der Waals surface area contributed by atoms with Gasteiger partial charge in [-0.15, -0.1) is 0 Å². The zero-order valence-electron chi connectivity index (χ0n) is 8.37. The number of rotatable bonds is 4. The van der Waals surface area contributed by atoms with Crippen molar-refractivity contribution in [2.24, 2.45) is 5.73 Å². The lowest BCUT2D eigenvalue weighted by molar-refractivity contribution is -0.141. The van der Waals surface area contributed by atoms with Gasteiger partial charge in [0.25, 0.3) is 0 Å². The quantitative estimate of drug-likeness (QED) is 0.762. The molecule has 1 unspecified atom stereocenters. The molecule has 0 aromatic heterocycles. The minimum absolute atomic E-state index is 0.151. The lowest BCUT2D eigenvalue weighted by atomic mass is 10.2. The molecule has 15 heavy (non-hydrogen) atoms.